The van der Waals surface area contributed by atoms with Crippen LogP contribution < -0.4 is 0 Å². The molecule has 0 bridgehead atoms. The second-order valence-corrected chi connectivity index (χ2v) is 7.91. The number of aryl methyl sites for hydroxylation is 1. The molecule has 0 fully saturated rings. The van der Waals surface area contributed by atoms with Gasteiger partial charge in [-0.3, -0.25) is 0 Å². The van der Waals surface area contributed by atoms with Crippen LogP contribution in [0.4, 0.5) is 8.78 Å². The van der Waals surface area contributed by atoms with Crippen molar-refractivity contribution in [2.75, 3.05) is 0 Å². The van der Waals surface area contributed by atoms with Crippen LogP contribution in [0.3, 0.4) is 0 Å². The van der Waals surface area contributed by atoms with Gasteiger partial charge in [-0.15, -0.1) is 11.8 Å². The van der Waals surface area contributed by atoms with Gasteiger partial charge >= 0.3 is 0 Å². The molecule has 0 aliphatic carbocycles. The summed E-state index contributed by atoms with van der Waals surface area (Å²) in [6, 6.07) is 12.6. The molecule has 1 nitrogen and oxygen atoms in total. The van der Waals surface area contributed by atoms with Crippen molar-refractivity contribution in [1.82, 2.24) is 4.98 Å². The summed E-state index contributed by atoms with van der Waals surface area (Å²) in [5.74, 6) is -0.920. The van der Waals surface area contributed by atoms with E-state index in [1.54, 1.807) is 18.3 Å². The molecule has 1 heterocycles. The molecule has 0 aliphatic heterocycles. The summed E-state index contributed by atoms with van der Waals surface area (Å²) in [7, 11) is 0. The maximum absolute atomic E-state index is 14.5. The van der Waals surface area contributed by atoms with Crippen LogP contribution in [0.1, 0.15) is 21.9 Å². The topological polar surface area (TPSA) is 12.9 Å². The Balaban J connectivity index is 2.10. The molecule has 6 heteroatoms. The molecule has 0 spiro atoms. The van der Waals surface area contributed by atoms with Gasteiger partial charge in [0.15, 0.2) is 0 Å². The summed E-state index contributed by atoms with van der Waals surface area (Å²) in [4.78, 5) is 5.16. The van der Waals surface area contributed by atoms with E-state index in [9.17, 15) is 8.78 Å². The molecule has 0 saturated carbocycles. The normalized spacial score (nSPS) is 12.2. The second kappa shape index (κ2) is 7.85. The zero-order chi connectivity index (χ0) is 18.0. The van der Waals surface area contributed by atoms with Crippen molar-refractivity contribution in [2.24, 2.45) is 0 Å². The highest BCUT2D eigenvalue weighted by atomic mass is 79.9. The highest BCUT2D eigenvalue weighted by Crippen LogP contribution is 2.43. The van der Waals surface area contributed by atoms with Crippen LogP contribution in [0.2, 0.25) is 5.02 Å². The maximum Gasteiger partial charge on any atom is 0.128 e. The van der Waals surface area contributed by atoms with E-state index in [-0.39, 0.29) is 5.56 Å². The van der Waals surface area contributed by atoms with Crippen molar-refractivity contribution in [3.8, 4) is 0 Å². The minimum absolute atomic E-state index is 0.284. The first-order valence-corrected chi connectivity index (χ1v) is 9.48. The number of pyridine rings is 1. The second-order valence-electron chi connectivity index (χ2n) is 5.48. The molecular weight excluding hydrogens is 428 g/mol. The van der Waals surface area contributed by atoms with Crippen molar-refractivity contribution in [3.63, 3.8) is 0 Å². The molecule has 25 heavy (non-hydrogen) atoms. The summed E-state index contributed by atoms with van der Waals surface area (Å²) in [5, 5.41) is 0.191. The Bertz CT molecular complexity index is 902. The number of benzene rings is 2. The first kappa shape index (κ1) is 18.4. The number of hydrogen-bond acceptors (Lipinski definition) is 2. The van der Waals surface area contributed by atoms with Crippen molar-refractivity contribution < 1.29 is 8.78 Å². The van der Waals surface area contributed by atoms with Crippen LogP contribution in [0.5, 0.6) is 0 Å². The zero-order valence-corrected chi connectivity index (χ0v) is 16.3. The smallest absolute Gasteiger partial charge is 0.128 e. The van der Waals surface area contributed by atoms with Gasteiger partial charge in [-0.1, -0.05) is 11.6 Å². The van der Waals surface area contributed by atoms with Gasteiger partial charge in [0.05, 0.1) is 5.25 Å². The lowest BCUT2D eigenvalue weighted by atomic mass is 10.0. The van der Waals surface area contributed by atoms with E-state index in [1.165, 1.54) is 17.8 Å². The summed E-state index contributed by atoms with van der Waals surface area (Å²) in [5.41, 5.74) is 2.05. The number of nitrogens with zero attached hydrogens (tertiary/aromatic N) is 1. The van der Waals surface area contributed by atoms with E-state index in [4.69, 9.17) is 11.6 Å². The first-order valence-electron chi connectivity index (χ1n) is 7.43. The monoisotopic (exact) mass is 439 g/mol. The first-order chi connectivity index (χ1) is 11.9. The van der Waals surface area contributed by atoms with E-state index < -0.39 is 16.9 Å². The number of aromatic nitrogens is 1. The van der Waals surface area contributed by atoms with Crippen LogP contribution in [-0.2, 0) is 0 Å². The largest absolute Gasteiger partial charge is 0.249 e. The molecule has 0 saturated heterocycles. The predicted molar refractivity (Wildman–Crippen MR) is 102 cm³/mol. The van der Waals surface area contributed by atoms with Crippen LogP contribution >= 0.6 is 39.3 Å². The van der Waals surface area contributed by atoms with Gasteiger partial charge in [0.1, 0.15) is 16.2 Å². The van der Waals surface area contributed by atoms with Crippen LogP contribution in [0, 0.1) is 18.6 Å². The van der Waals surface area contributed by atoms with Crippen molar-refractivity contribution in [2.45, 2.75) is 17.1 Å². The van der Waals surface area contributed by atoms with E-state index in [0.29, 0.717) is 9.63 Å². The summed E-state index contributed by atoms with van der Waals surface area (Å²) in [6.45, 7) is 1.92. The highest BCUT2D eigenvalue weighted by molar-refractivity contribution is 9.10. The third-order valence-electron chi connectivity index (χ3n) is 3.71. The van der Waals surface area contributed by atoms with Gasteiger partial charge in [0.2, 0.25) is 0 Å². The van der Waals surface area contributed by atoms with Gasteiger partial charge in [0, 0.05) is 21.7 Å². The summed E-state index contributed by atoms with van der Waals surface area (Å²) >= 11 is 10.7. The van der Waals surface area contributed by atoms with Crippen LogP contribution in [0.25, 0.3) is 0 Å². The Morgan fingerprint density at radius 1 is 1.04 bits per heavy atom. The molecule has 0 aliphatic rings. The standard InChI is InChI=1S/C19H13BrClF2NS/c1-11-8-18(20)24-10-16(11)19(15-9-13(22)4-7-17(15)23)25-14-5-2-12(21)3-6-14/h2-10,19H,1H3. The third kappa shape index (κ3) is 4.40. The van der Waals surface area contributed by atoms with Gasteiger partial charge in [-0.25, -0.2) is 13.8 Å². The lowest BCUT2D eigenvalue weighted by Crippen LogP contribution is -2.04. The summed E-state index contributed by atoms with van der Waals surface area (Å²) < 4.78 is 28.9. The van der Waals surface area contributed by atoms with Crippen LogP contribution in [0.15, 0.2) is 64.2 Å². The Hall–Kier alpha value is -1.43. The van der Waals surface area contributed by atoms with E-state index >= 15 is 0 Å². The molecule has 128 valence electrons. The fourth-order valence-electron chi connectivity index (χ4n) is 2.47. The molecular formula is C19H13BrClF2NS. The van der Waals surface area contributed by atoms with E-state index in [1.807, 2.05) is 25.1 Å². The quantitative estimate of drug-likeness (QED) is 0.321. The lowest BCUT2D eigenvalue weighted by Gasteiger charge is -2.20. The third-order valence-corrected chi connectivity index (χ3v) is 5.68. The Morgan fingerprint density at radius 2 is 1.76 bits per heavy atom. The predicted octanol–water partition coefficient (Wildman–Crippen LogP) is 6.97. The van der Waals surface area contributed by atoms with Gasteiger partial charge in [0.25, 0.3) is 0 Å². The van der Waals surface area contributed by atoms with Gasteiger partial charge in [-0.05, 0) is 82.5 Å². The number of thioether (sulfide) groups is 1. The molecule has 1 aromatic heterocycles. The Morgan fingerprint density at radius 3 is 2.44 bits per heavy atom. The average Bonchev–Trinajstić information content (AvgIpc) is 2.57. The Kier molecular flexibility index (Phi) is 5.77. The minimum Gasteiger partial charge on any atom is -0.249 e. The van der Waals surface area contributed by atoms with E-state index in [0.717, 1.165) is 28.2 Å². The molecule has 0 radical (unpaired) electrons. The molecule has 0 N–H and O–H groups in total. The van der Waals surface area contributed by atoms with Crippen LogP contribution in [-0.4, -0.2) is 4.98 Å². The fraction of sp³-hybridized carbons (Fsp3) is 0.105. The Labute approximate surface area is 162 Å². The molecule has 0 amide bonds. The van der Waals surface area contributed by atoms with Crippen molar-refractivity contribution in [1.29, 1.82) is 0 Å². The number of hydrogen-bond donors (Lipinski definition) is 0. The molecule has 1 atom stereocenters. The van der Waals surface area contributed by atoms with Gasteiger partial charge < -0.3 is 0 Å². The lowest BCUT2D eigenvalue weighted by molar-refractivity contribution is 0.587. The van der Waals surface area contributed by atoms with E-state index in [2.05, 4.69) is 20.9 Å². The van der Waals surface area contributed by atoms with Crippen molar-refractivity contribution >= 4 is 39.3 Å². The fourth-order valence-corrected chi connectivity index (χ4v) is 4.28. The maximum atomic E-state index is 14.5. The zero-order valence-electron chi connectivity index (χ0n) is 13.1. The summed E-state index contributed by atoms with van der Waals surface area (Å²) in [6.07, 6.45) is 1.69. The molecule has 3 aromatic rings. The van der Waals surface area contributed by atoms with Gasteiger partial charge in [-0.2, -0.15) is 0 Å². The molecule has 2 aromatic carbocycles. The van der Waals surface area contributed by atoms with Crippen molar-refractivity contribution in [3.05, 3.63) is 92.7 Å². The number of rotatable bonds is 4. The minimum atomic E-state index is -0.471. The molecule has 3 rings (SSSR count). The molecule has 1 unspecified atom stereocenters. The highest BCUT2D eigenvalue weighted by Gasteiger charge is 2.22. The number of halogens is 4. The average molecular weight is 441 g/mol. The SMILES string of the molecule is Cc1cc(Br)ncc1C(Sc1ccc(Cl)cc1)c1cc(F)ccc1F.